The van der Waals surface area contributed by atoms with Crippen LogP contribution in [0.3, 0.4) is 0 Å². The van der Waals surface area contributed by atoms with Crippen molar-refractivity contribution in [2.24, 2.45) is 11.7 Å². The molecule has 0 radical (unpaired) electrons. The van der Waals surface area contributed by atoms with Crippen molar-refractivity contribution in [2.45, 2.75) is 70.8 Å². The Morgan fingerprint density at radius 2 is 1.94 bits per heavy atom. The summed E-state index contributed by atoms with van der Waals surface area (Å²) in [5.41, 5.74) is 6.13. The lowest BCUT2D eigenvalue weighted by Crippen LogP contribution is -2.19. The molecule has 18 heavy (non-hydrogen) atoms. The van der Waals surface area contributed by atoms with Gasteiger partial charge >= 0.3 is 0 Å². The number of hydrogen-bond donors (Lipinski definition) is 1. The van der Waals surface area contributed by atoms with E-state index in [0.717, 1.165) is 12.2 Å². The summed E-state index contributed by atoms with van der Waals surface area (Å²) in [5, 5.41) is 4.15. The van der Waals surface area contributed by atoms with Gasteiger partial charge in [-0.2, -0.15) is 4.98 Å². The zero-order valence-corrected chi connectivity index (χ0v) is 11.6. The van der Waals surface area contributed by atoms with Gasteiger partial charge in [-0.25, -0.2) is 0 Å². The van der Waals surface area contributed by atoms with Crippen LogP contribution < -0.4 is 5.73 Å². The Balaban J connectivity index is 2.04. The molecule has 1 aromatic rings. The van der Waals surface area contributed by atoms with Crippen LogP contribution in [-0.4, -0.2) is 10.1 Å². The van der Waals surface area contributed by atoms with Gasteiger partial charge in [0.1, 0.15) is 0 Å². The van der Waals surface area contributed by atoms with Gasteiger partial charge in [0.05, 0.1) is 6.04 Å². The van der Waals surface area contributed by atoms with Gasteiger partial charge < -0.3 is 10.3 Å². The first-order chi connectivity index (χ1) is 8.72. The molecule has 2 atom stereocenters. The lowest BCUT2D eigenvalue weighted by atomic mass is 9.99. The molecule has 0 saturated heterocycles. The second-order valence-corrected chi connectivity index (χ2v) is 5.59. The maximum absolute atomic E-state index is 6.13. The van der Waals surface area contributed by atoms with Gasteiger partial charge in [-0.3, -0.25) is 0 Å². The summed E-state index contributed by atoms with van der Waals surface area (Å²) in [7, 11) is 0. The third-order valence-corrected chi connectivity index (χ3v) is 4.22. The molecular formula is C14H25N3O. The van der Waals surface area contributed by atoms with Crippen molar-refractivity contribution in [3.05, 3.63) is 11.7 Å². The van der Waals surface area contributed by atoms with Crippen LogP contribution >= 0.6 is 0 Å². The molecule has 2 N–H and O–H groups in total. The van der Waals surface area contributed by atoms with Crippen molar-refractivity contribution in [3.63, 3.8) is 0 Å². The van der Waals surface area contributed by atoms with Crippen LogP contribution in [0.2, 0.25) is 0 Å². The number of nitrogens with zero attached hydrogens (tertiary/aromatic N) is 2. The Labute approximate surface area is 109 Å². The molecule has 0 spiro atoms. The Bertz CT molecular complexity index is 356. The summed E-state index contributed by atoms with van der Waals surface area (Å²) >= 11 is 0. The quantitative estimate of drug-likeness (QED) is 0.831. The Morgan fingerprint density at radius 3 is 2.56 bits per heavy atom. The van der Waals surface area contributed by atoms with Gasteiger partial charge in [-0.15, -0.1) is 0 Å². The summed E-state index contributed by atoms with van der Waals surface area (Å²) in [6.45, 7) is 4.26. The van der Waals surface area contributed by atoms with Crippen LogP contribution in [0.5, 0.6) is 0 Å². The molecule has 4 nitrogen and oxygen atoms in total. The number of hydrogen-bond acceptors (Lipinski definition) is 4. The lowest BCUT2D eigenvalue weighted by Gasteiger charge is -2.13. The number of aromatic nitrogens is 2. The molecule has 0 amide bonds. The van der Waals surface area contributed by atoms with Gasteiger partial charge in [-0.05, 0) is 18.8 Å². The fourth-order valence-electron chi connectivity index (χ4n) is 2.58. The van der Waals surface area contributed by atoms with Crippen LogP contribution in [0.4, 0.5) is 0 Å². The van der Waals surface area contributed by atoms with E-state index in [0.29, 0.717) is 17.7 Å². The molecule has 1 saturated carbocycles. The zero-order valence-electron chi connectivity index (χ0n) is 11.6. The van der Waals surface area contributed by atoms with Crippen LogP contribution in [0.25, 0.3) is 0 Å². The Hall–Kier alpha value is -0.900. The topological polar surface area (TPSA) is 64.9 Å². The standard InChI is InChI=1S/C14H25N3O/c1-3-10(2)12(15)14-16-13(17-18-14)11-8-6-4-5-7-9-11/h10-12H,3-9,15H2,1-2H3. The highest BCUT2D eigenvalue weighted by molar-refractivity contribution is 4.99. The minimum absolute atomic E-state index is 0.123. The van der Waals surface area contributed by atoms with Gasteiger partial charge in [0.2, 0.25) is 5.89 Å². The highest BCUT2D eigenvalue weighted by atomic mass is 16.5. The summed E-state index contributed by atoms with van der Waals surface area (Å²) in [6.07, 6.45) is 8.66. The van der Waals surface area contributed by atoms with E-state index in [1.165, 1.54) is 38.5 Å². The molecule has 2 unspecified atom stereocenters. The fraction of sp³-hybridized carbons (Fsp3) is 0.857. The predicted octanol–water partition coefficient (Wildman–Crippen LogP) is 3.55. The molecule has 2 rings (SSSR count). The molecule has 102 valence electrons. The van der Waals surface area contributed by atoms with E-state index < -0.39 is 0 Å². The van der Waals surface area contributed by atoms with E-state index in [1.807, 2.05) is 0 Å². The van der Waals surface area contributed by atoms with Crippen LogP contribution in [-0.2, 0) is 0 Å². The summed E-state index contributed by atoms with van der Waals surface area (Å²) in [4.78, 5) is 4.54. The van der Waals surface area contributed by atoms with E-state index in [4.69, 9.17) is 10.3 Å². The smallest absolute Gasteiger partial charge is 0.243 e. The first-order valence-corrected chi connectivity index (χ1v) is 7.31. The highest BCUT2D eigenvalue weighted by Gasteiger charge is 2.24. The SMILES string of the molecule is CCC(C)C(N)c1nc(C2CCCCCC2)no1. The highest BCUT2D eigenvalue weighted by Crippen LogP contribution is 2.31. The summed E-state index contributed by atoms with van der Waals surface area (Å²) < 4.78 is 5.36. The Morgan fingerprint density at radius 1 is 1.28 bits per heavy atom. The van der Waals surface area contributed by atoms with E-state index in [-0.39, 0.29) is 6.04 Å². The molecule has 1 fully saturated rings. The van der Waals surface area contributed by atoms with E-state index in [1.54, 1.807) is 0 Å². The Kier molecular flexibility index (Phi) is 4.75. The number of rotatable bonds is 4. The maximum Gasteiger partial charge on any atom is 0.243 e. The van der Waals surface area contributed by atoms with Crippen LogP contribution in [0.15, 0.2) is 4.52 Å². The third kappa shape index (κ3) is 3.10. The molecule has 0 aliphatic heterocycles. The van der Waals surface area contributed by atoms with Gasteiger partial charge in [0.15, 0.2) is 5.82 Å². The van der Waals surface area contributed by atoms with Crippen LogP contribution in [0.1, 0.15) is 82.5 Å². The van der Waals surface area contributed by atoms with Crippen molar-refractivity contribution < 1.29 is 4.52 Å². The first kappa shape index (κ1) is 13.5. The van der Waals surface area contributed by atoms with Crippen molar-refractivity contribution >= 4 is 0 Å². The third-order valence-electron chi connectivity index (χ3n) is 4.22. The summed E-state index contributed by atoms with van der Waals surface area (Å²) in [5.74, 6) is 2.36. The van der Waals surface area contributed by atoms with Crippen molar-refractivity contribution in [2.75, 3.05) is 0 Å². The van der Waals surface area contributed by atoms with Gasteiger partial charge in [0.25, 0.3) is 0 Å². The normalized spacial score (nSPS) is 21.5. The van der Waals surface area contributed by atoms with Gasteiger partial charge in [0, 0.05) is 5.92 Å². The maximum atomic E-state index is 6.13. The molecule has 1 heterocycles. The lowest BCUT2D eigenvalue weighted by molar-refractivity contribution is 0.309. The van der Waals surface area contributed by atoms with Crippen molar-refractivity contribution in [1.29, 1.82) is 0 Å². The largest absolute Gasteiger partial charge is 0.338 e. The molecule has 1 aliphatic rings. The number of nitrogens with two attached hydrogens (primary N) is 1. The molecule has 0 aromatic carbocycles. The second-order valence-electron chi connectivity index (χ2n) is 5.59. The first-order valence-electron chi connectivity index (χ1n) is 7.31. The van der Waals surface area contributed by atoms with E-state index in [2.05, 4.69) is 24.0 Å². The molecular weight excluding hydrogens is 226 g/mol. The minimum Gasteiger partial charge on any atom is -0.338 e. The summed E-state index contributed by atoms with van der Waals surface area (Å²) in [6, 6.07) is -0.123. The fourth-order valence-corrected chi connectivity index (χ4v) is 2.58. The molecule has 0 bridgehead atoms. The predicted molar refractivity (Wildman–Crippen MR) is 71.1 cm³/mol. The van der Waals surface area contributed by atoms with Crippen LogP contribution in [0, 0.1) is 5.92 Å². The second kappa shape index (κ2) is 6.32. The average Bonchev–Trinajstić information content (AvgIpc) is 2.72. The van der Waals surface area contributed by atoms with Gasteiger partial charge in [-0.1, -0.05) is 51.1 Å². The van der Waals surface area contributed by atoms with Crippen molar-refractivity contribution in [1.82, 2.24) is 10.1 Å². The molecule has 1 aromatic heterocycles. The monoisotopic (exact) mass is 251 g/mol. The van der Waals surface area contributed by atoms with E-state index >= 15 is 0 Å². The molecule has 4 heteroatoms. The molecule has 1 aliphatic carbocycles. The zero-order chi connectivity index (χ0) is 13.0. The average molecular weight is 251 g/mol. The van der Waals surface area contributed by atoms with Crippen molar-refractivity contribution in [3.8, 4) is 0 Å². The van der Waals surface area contributed by atoms with E-state index in [9.17, 15) is 0 Å². The minimum atomic E-state index is -0.123.